The first kappa shape index (κ1) is 16.3. The molecule has 7 heteroatoms. The minimum Gasteiger partial charge on any atom is -0.481 e. The number of carboxylic acids is 1. The van der Waals surface area contributed by atoms with Crippen LogP contribution in [0.5, 0.6) is 0 Å². The maximum absolute atomic E-state index is 12.0. The zero-order valence-corrected chi connectivity index (χ0v) is 11.9. The van der Waals surface area contributed by atoms with Gasteiger partial charge in [0.05, 0.1) is 18.9 Å². The number of amides is 2. The molecule has 0 saturated carbocycles. The van der Waals surface area contributed by atoms with Crippen LogP contribution < -0.4 is 5.32 Å². The van der Waals surface area contributed by atoms with Gasteiger partial charge in [0.2, 0.25) is 0 Å². The van der Waals surface area contributed by atoms with Crippen molar-refractivity contribution in [2.45, 2.75) is 26.2 Å². The molecule has 0 aromatic rings. The fourth-order valence-corrected chi connectivity index (χ4v) is 2.25. The van der Waals surface area contributed by atoms with Crippen molar-refractivity contribution < 1.29 is 24.2 Å². The number of urea groups is 1. The van der Waals surface area contributed by atoms with Gasteiger partial charge >= 0.3 is 18.0 Å². The number of aliphatic carboxylic acids is 1. The summed E-state index contributed by atoms with van der Waals surface area (Å²) >= 11 is 0. The number of carbonyl (C=O) groups is 3. The van der Waals surface area contributed by atoms with Gasteiger partial charge in [-0.1, -0.05) is 6.92 Å². The first-order chi connectivity index (χ1) is 9.49. The van der Waals surface area contributed by atoms with Crippen molar-refractivity contribution in [3.8, 4) is 0 Å². The van der Waals surface area contributed by atoms with Crippen LogP contribution in [0.15, 0.2) is 0 Å². The molecule has 0 radical (unpaired) electrons. The molecule has 1 rings (SSSR count). The van der Waals surface area contributed by atoms with E-state index in [4.69, 9.17) is 5.11 Å². The molecule has 1 fully saturated rings. The Morgan fingerprint density at radius 1 is 1.45 bits per heavy atom. The lowest BCUT2D eigenvalue weighted by Crippen LogP contribution is -2.48. The van der Waals surface area contributed by atoms with Gasteiger partial charge in [-0.2, -0.15) is 0 Å². The van der Waals surface area contributed by atoms with Gasteiger partial charge < -0.3 is 20.1 Å². The SMILES string of the molecule is CCC(CNC(=O)N1CCCC(C(=O)OC)C1)C(=O)O. The summed E-state index contributed by atoms with van der Waals surface area (Å²) in [4.78, 5) is 35.9. The third-order valence-electron chi connectivity index (χ3n) is 3.58. The number of nitrogens with one attached hydrogen (secondary N) is 1. The molecule has 1 aliphatic rings. The fraction of sp³-hybridized carbons (Fsp3) is 0.769. The summed E-state index contributed by atoms with van der Waals surface area (Å²) in [5, 5.41) is 11.5. The Bertz CT molecular complexity index is 372. The van der Waals surface area contributed by atoms with Crippen molar-refractivity contribution in [2.24, 2.45) is 11.8 Å². The average Bonchev–Trinajstić information content (AvgIpc) is 2.46. The van der Waals surface area contributed by atoms with Crippen LogP contribution in [0.3, 0.4) is 0 Å². The summed E-state index contributed by atoms with van der Waals surface area (Å²) in [5.74, 6) is -2.10. The van der Waals surface area contributed by atoms with Crippen LogP contribution in [0.2, 0.25) is 0 Å². The molecule has 2 unspecified atom stereocenters. The van der Waals surface area contributed by atoms with Gasteiger partial charge in [-0.25, -0.2) is 4.79 Å². The summed E-state index contributed by atoms with van der Waals surface area (Å²) in [6.45, 7) is 2.76. The molecule has 0 aliphatic carbocycles. The summed E-state index contributed by atoms with van der Waals surface area (Å²) in [6, 6.07) is -0.321. The second-order valence-corrected chi connectivity index (χ2v) is 4.94. The predicted octanol–water partition coefficient (Wildman–Crippen LogP) is 0.692. The summed E-state index contributed by atoms with van der Waals surface area (Å²) < 4.78 is 4.69. The van der Waals surface area contributed by atoms with Gasteiger partial charge in [0, 0.05) is 19.6 Å². The first-order valence-electron chi connectivity index (χ1n) is 6.83. The van der Waals surface area contributed by atoms with E-state index in [1.54, 1.807) is 11.8 Å². The lowest BCUT2D eigenvalue weighted by Gasteiger charge is -2.31. The minimum absolute atomic E-state index is 0.101. The normalized spacial score (nSPS) is 20.1. The molecule has 20 heavy (non-hydrogen) atoms. The number of methoxy groups -OCH3 is 1. The van der Waals surface area contributed by atoms with E-state index in [2.05, 4.69) is 10.1 Å². The number of nitrogens with zero attached hydrogens (tertiary/aromatic N) is 1. The number of piperidine rings is 1. The van der Waals surface area contributed by atoms with Gasteiger partial charge in [-0.3, -0.25) is 9.59 Å². The van der Waals surface area contributed by atoms with Crippen LogP contribution in [-0.2, 0) is 14.3 Å². The molecule has 7 nitrogen and oxygen atoms in total. The van der Waals surface area contributed by atoms with Crippen molar-refractivity contribution in [3.05, 3.63) is 0 Å². The molecular weight excluding hydrogens is 264 g/mol. The Kier molecular flexibility index (Phi) is 6.27. The lowest BCUT2D eigenvalue weighted by molar-refractivity contribution is -0.146. The highest BCUT2D eigenvalue weighted by atomic mass is 16.5. The Morgan fingerprint density at radius 2 is 2.15 bits per heavy atom. The van der Waals surface area contributed by atoms with Crippen LogP contribution in [-0.4, -0.2) is 54.7 Å². The molecule has 0 bridgehead atoms. The Hall–Kier alpha value is -1.79. The van der Waals surface area contributed by atoms with E-state index in [9.17, 15) is 14.4 Å². The molecule has 2 atom stereocenters. The van der Waals surface area contributed by atoms with E-state index in [-0.39, 0.29) is 24.5 Å². The van der Waals surface area contributed by atoms with E-state index in [1.807, 2.05) is 0 Å². The number of esters is 1. The second kappa shape index (κ2) is 7.72. The fourth-order valence-electron chi connectivity index (χ4n) is 2.25. The number of hydrogen-bond acceptors (Lipinski definition) is 4. The van der Waals surface area contributed by atoms with Gasteiger partial charge in [-0.15, -0.1) is 0 Å². The number of carbonyl (C=O) groups excluding carboxylic acids is 2. The highest BCUT2D eigenvalue weighted by molar-refractivity contribution is 5.78. The summed E-state index contributed by atoms with van der Waals surface area (Å²) in [5.41, 5.74) is 0. The number of likely N-dealkylation sites (tertiary alicyclic amines) is 1. The highest BCUT2D eigenvalue weighted by Gasteiger charge is 2.29. The van der Waals surface area contributed by atoms with Gasteiger partial charge in [0.15, 0.2) is 0 Å². The van der Waals surface area contributed by atoms with E-state index in [1.165, 1.54) is 7.11 Å². The third kappa shape index (κ3) is 4.40. The molecule has 2 amide bonds. The molecular formula is C13H22N2O5. The van der Waals surface area contributed by atoms with Gasteiger partial charge in [0.1, 0.15) is 0 Å². The van der Waals surface area contributed by atoms with Gasteiger partial charge in [0.25, 0.3) is 0 Å². The molecule has 0 aromatic carbocycles. The smallest absolute Gasteiger partial charge is 0.317 e. The Morgan fingerprint density at radius 3 is 2.70 bits per heavy atom. The van der Waals surface area contributed by atoms with Crippen molar-refractivity contribution in [1.82, 2.24) is 10.2 Å². The Labute approximate surface area is 118 Å². The molecule has 114 valence electrons. The number of carboxylic acid groups (broad SMARTS) is 1. The molecule has 1 saturated heterocycles. The van der Waals surface area contributed by atoms with E-state index < -0.39 is 11.9 Å². The van der Waals surface area contributed by atoms with Crippen LogP contribution in [0, 0.1) is 11.8 Å². The van der Waals surface area contributed by atoms with E-state index >= 15 is 0 Å². The molecule has 2 N–H and O–H groups in total. The molecule has 0 aromatic heterocycles. The predicted molar refractivity (Wildman–Crippen MR) is 71.1 cm³/mol. The van der Waals surface area contributed by atoms with Crippen LogP contribution in [0.25, 0.3) is 0 Å². The zero-order valence-electron chi connectivity index (χ0n) is 11.9. The van der Waals surface area contributed by atoms with Crippen molar-refractivity contribution in [2.75, 3.05) is 26.7 Å². The average molecular weight is 286 g/mol. The monoisotopic (exact) mass is 286 g/mol. The maximum Gasteiger partial charge on any atom is 0.317 e. The van der Waals surface area contributed by atoms with Crippen LogP contribution >= 0.6 is 0 Å². The molecule has 0 spiro atoms. The highest BCUT2D eigenvalue weighted by Crippen LogP contribution is 2.17. The number of hydrogen-bond donors (Lipinski definition) is 2. The number of rotatable bonds is 5. The van der Waals surface area contributed by atoms with E-state index in [0.29, 0.717) is 25.9 Å². The minimum atomic E-state index is -0.918. The Balaban J connectivity index is 2.46. The summed E-state index contributed by atoms with van der Waals surface area (Å²) in [7, 11) is 1.33. The quantitative estimate of drug-likeness (QED) is 0.725. The first-order valence-corrected chi connectivity index (χ1v) is 6.83. The lowest BCUT2D eigenvalue weighted by atomic mass is 9.98. The van der Waals surface area contributed by atoms with Crippen molar-refractivity contribution in [3.63, 3.8) is 0 Å². The largest absolute Gasteiger partial charge is 0.481 e. The van der Waals surface area contributed by atoms with Crippen molar-refractivity contribution >= 4 is 18.0 Å². The van der Waals surface area contributed by atoms with Crippen LogP contribution in [0.4, 0.5) is 4.79 Å². The zero-order chi connectivity index (χ0) is 15.1. The summed E-state index contributed by atoms with van der Waals surface area (Å²) in [6.07, 6.45) is 1.91. The molecule has 1 aliphatic heterocycles. The third-order valence-corrected chi connectivity index (χ3v) is 3.58. The second-order valence-electron chi connectivity index (χ2n) is 4.94. The van der Waals surface area contributed by atoms with Crippen molar-refractivity contribution in [1.29, 1.82) is 0 Å². The topological polar surface area (TPSA) is 95.9 Å². The van der Waals surface area contributed by atoms with Crippen LogP contribution in [0.1, 0.15) is 26.2 Å². The maximum atomic E-state index is 12.0. The molecule has 1 heterocycles. The van der Waals surface area contributed by atoms with E-state index in [0.717, 1.165) is 6.42 Å². The van der Waals surface area contributed by atoms with Gasteiger partial charge in [-0.05, 0) is 19.3 Å². The standard InChI is InChI=1S/C13H22N2O5/c1-3-9(11(16)17)7-14-13(19)15-6-4-5-10(8-15)12(18)20-2/h9-10H,3-8H2,1-2H3,(H,14,19)(H,16,17). The number of ether oxygens (including phenoxy) is 1.